The summed E-state index contributed by atoms with van der Waals surface area (Å²) >= 11 is 0. The number of amides is 1. The first kappa shape index (κ1) is 24.0. The van der Waals surface area contributed by atoms with E-state index in [0.717, 1.165) is 53.0 Å². The van der Waals surface area contributed by atoms with Crippen LogP contribution in [0.15, 0.2) is 30.3 Å². The number of imidazole rings is 1. The van der Waals surface area contributed by atoms with Crippen LogP contribution in [0.4, 0.5) is 5.82 Å². The minimum Gasteiger partial charge on any atom is -0.384 e. The number of nitrogens with zero attached hydrogens (tertiary/aromatic N) is 3. The van der Waals surface area contributed by atoms with Crippen LogP contribution in [-0.2, 0) is 9.53 Å². The number of aryl methyl sites for hydroxylation is 1. The lowest BCUT2D eigenvalue weighted by Gasteiger charge is -2.30. The molecule has 10 heteroatoms. The number of anilines is 1. The second-order valence-electron chi connectivity index (χ2n) is 9.26. The fourth-order valence-electron chi connectivity index (χ4n) is 4.69. The zero-order valence-electron chi connectivity index (χ0n) is 20.6. The van der Waals surface area contributed by atoms with Gasteiger partial charge in [-0.3, -0.25) is 14.5 Å². The Morgan fingerprint density at radius 3 is 2.75 bits per heavy atom. The van der Waals surface area contributed by atoms with Gasteiger partial charge in [0.05, 0.1) is 18.7 Å². The molecule has 36 heavy (non-hydrogen) atoms. The Morgan fingerprint density at radius 1 is 1.17 bits per heavy atom. The zero-order valence-corrected chi connectivity index (χ0v) is 20.6. The number of rotatable bonds is 8. The SMILES string of the molecule is CCCC(=O)[C@H](CN1CCOCC1)NC(=O)c1ccc2[nH]c(-c3cc(N)nc4nc(C)[nH]c34)cc2c1. The predicted molar refractivity (Wildman–Crippen MR) is 139 cm³/mol. The molecular formula is C26H31N7O3. The smallest absolute Gasteiger partial charge is 0.251 e. The van der Waals surface area contributed by atoms with E-state index >= 15 is 0 Å². The lowest BCUT2D eigenvalue weighted by Crippen LogP contribution is -2.50. The summed E-state index contributed by atoms with van der Waals surface area (Å²) in [5.74, 6) is 0.924. The number of nitrogens with one attached hydrogen (secondary N) is 3. The van der Waals surface area contributed by atoms with Gasteiger partial charge >= 0.3 is 0 Å². The summed E-state index contributed by atoms with van der Waals surface area (Å²) in [6.07, 6.45) is 1.18. The van der Waals surface area contributed by atoms with Crippen molar-refractivity contribution in [1.82, 2.24) is 30.2 Å². The van der Waals surface area contributed by atoms with Gasteiger partial charge < -0.3 is 25.8 Å². The monoisotopic (exact) mass is 489 g/mol. The van der Waals surface area contributed by atoms with Crippen molar-refractivity contribution in [2.75, 3.05) is 38.6 Å². The second-order valence-corrected chi connectivity index (χ2v) is 9.26. The molecule has 0 bridgehead atoms. The summed E-state index contributed by atoms with van der Waals surface area (Å²) in [7, 11) is 0. The molecule has 0 spiro atoms. The molecule has 10 nitrogen and oxygen atoms in total. The number of morpholine rings is 1. The lowest BCUT2D eigenvalue weighted by molar-refractivity contribution is -0.121. The van der Waals surface area contributed by atoms with Crippen LogP contribution in [0.2, 0.25) is 0 Å². The Kier molecular flexibility index (Phi) is 6.71. The van der Waals surface area contributed by atoms with Crippen molar-refractivity contribution >= 4 is 39.6 Å². The molecule has 1 amide bonds. The lowest BCUT2D eigenvalue weighted by atomic mass is 10.1. The number of hydrogen-bond acceptors (Lipinski definition) is 7. The highest BCUT2D eigenvalue weighted by Gasteiger charge is 2.25. The minimum absolute atomic E-state index is 0.0523. The highest BCUT2D eigenvalue weighted by molar-refractivity contribution is 6.02. The molecule has 0 saturated carbocycles. The van der Waals surface area contributed by atoms with Gasteiger partial charge in [0.25, 0.3) is 5.91 Å². The number of H-pyrrole nitrogens is 2. The van der Waals surface area contributed by atoms with Gasteiger partial charge in [-0.1, -0.05) is 6.92 Å². The predicted octanol–water partition coefficient (Wildman–Crippen LogP) is 2.80. The van der Waals surface area contributed by atoms with Crippen LogP contribution in [0.1, 0.15) is 35.9 Å². The van der Waals surface area contributed by atoms with Gasteiger partial charge in [-0.15, -0.1) is 0 Å². The number of ether oxygens (including phenoxy) is 1. The molecule has 0 unspecified atom stereocenters. The summed E-state index contributed by atoms with van der Waals surface area (Å²) in [6.45, 7) is 7.13. The summed E-state index contributed by atoms with van der Waals surface area (Å²) < 4.78 is 5.41. The number of Topliss-reactive ketones (excluding diaryl/α,β-unsaturated/α-hetero) is 1. The molecule has 4 heterocycles. The van der Waals surface area contributed by atoms with E-state index < -0.39 is 6.04 Å². The van der Waals surface area contributed by atoms with Crippen molar-refractivity contribution < 1.29 is 14.3 Å². The van der Waals surface area contributed by atoms with E-state index in [-0.39, 0.29) is 11.7 Å². The quantitative estimate of drug-likeness (QED) is 0.298. The Hall–Kier alpha value is -3.76. The molecule has 0 radical (unpaired) electrons. The standard InChI is InChI=1S/C26H31N7O3/c1-3-4-22(34)21(14-33-7-9-36-10-8-33)31-26(35)16-5-6-19-17(11-16)12-20(30-19)18-13-23(27)32-25-24(18)28-15(2)29-25/h5-6,11-13,21,30H,3-4,7-10,14H2,1-2H3,(H,31,35)(H3,27,28,29,32)/t21-/m0/s1. The number of aromatic nitrogens is 4. The van der Waals surface area contributed by atoms with Crippen LogP contribution < -0.4 is 11.1 Å². The molecule has 1 saturated heterocycles. The number of ketones is 1. The molecule has 1 aliphatic heterocycles. The van der Waals surface area contributed by atoms with E-state index in [1.165, 1.54) is 0 Å². The van der Waals surface area contributed by atoms with Crippen LogP contribution in [0, 0.1) is 6.92 Å². The Balaban J connectivity index is 1.40. The molecule has 1 aromatic carbocycles. The number of aromatic amines is 2. The second kappa shape index (κ2) is 10.1. The van der Waals surface area contributed by atoms with Gasteiger partial charge in [-0.2, -0.15) is 0 Å². The van der Waals surface area contributed by atoms with Crippen LogP contribution in [0.3, 0.4) is 0 Å². The topological polar surface area (TPSA) is 142 Å². The van der Waals surface area contributed by atoms with Crippen LogP contribution in [0.5, 0.6) is 0 Å². The Morgan fingerprint density at radius 2 is 1.97 bits per heavy atom. The fourth-order valence-corrected chi connectivity index (χ4v) is 4.69. The molecule has 188 valence electrons. The Labute approximate surface area is 208 Å². The maximum Gasteiger partial charge on any atom is 0.251 e. The summed E-state index contributed by atoms with van der Waals surface area (Å²) in [4.78, 5) is 43.5. The number of hydrogen-bond donors (Lipinski definition) is 4. The first-order valence-electron chi connectivity index (χ1n) is 12.3. The summed E-state index contributed by atoms with van der Waals surface area (Å²) in [5.41, 5.74) is 10.5. The van der Waals surface area contributed by atoms with Crippen LogP contribution >= 0.6 is 0 Å². The van der Waals surface area contributed by atoms with Gasteiger partial charge in [-0.25, -0.2) is 9.97 Å². The fraction of sp³-hybridized carbons (Fsp3) is 0.385. The number of nitrogens with two attached hydrogens (primary N) is 1. The van der Waals surface area contributed by atoms with Crippen molar-refractivity contribution in [3.05, 3.63) is 41.7 Å². The molecule has 5 N–H and O–H groups in total. The van der Waals surface area contributed by atoms with Gasteiger partial charge in [0.2, 0.25) is 0 Å². The average Bonchev–Trinajstić information content (AvgIpc) is 3.45. The third-order valence-electron chi connectivity index (χ3n) is 6.51. The van der Waals surface area contributed by atoms with E-state index in [1.54, 1.807) is 12.1 Å². The van der Waals surface area contributed by atoms with Gasteiger partial charge in [0, 0.05) is 53.8 Å². The van der Waals surface area contributed by atoms with Gasteiger partial charge in [0.1, 0.15) is 17.7 Å². The highest BCUT2D eigenvalue weighted by Crippen LogP contribution is 2.30. The van der Waals surface area contributed by atoms with Crippen molar-refractivity contribution in [2.24, 2.45) is 0 Å². The number of benzene rings is 1. The number of pyridine rings is 1. The van der Waals surface area contributed by atoms with Gasteiger partial charge in [0.15, 0.2) is 11.4 Å². The number of fused-ring (bicyclic) bond motifs is 2. The number of carbonyl (C=O) groups excluding carboxylic acids is 2. The minimum atomic E-state index is -0.551. The van der Waals surface area contributed by atoms with E-state index in [2.05, 4.69) is 30.2 Å². The molecule has 3 aromatic heterocycles. The highest BCUT2D eigenvalue weighted by atomic mass is 16.5. The van der Waals surface area contributed by atoms with Crippen LogP contribution in [-0.4, -0.2) is 75.4 Å². The van der Waals surface area contributed by atoms with Crippen LogP contribution in [0.25, 0.3) is 33.3 Å². The summed E-state index contributed by atoms with van der Waals surface area (Å²) in [5, 5.41) is 3.86. The molecule has 0 aliphatic carbocycles. The van der Waals surface area contributed by atoms with Crippen molar-refractivity contribution in [1.29, 1.82) is 0 Å². The molecule has 5 rings (SSSR count). The first-order valence-corrected chi connectivity index (χ1v) is 12.3. The normalized spacial score (nSPS) is 15.4. The third-order valence-corrected chi connectivity index (χ3v) is 6.51. The van der Waals surface area contributed by atoms with Gasteiger partial charge in [-0.05, 0) is 43.7 Å². The Bertz CT molecular complexity index is 1420. The zero-order chi connectivity index (χ0) is 25.2. The molecular weight excluding hydrogens is 458 g/mol. The number of nitrogen functional groups attached to an aromatic ring is 1. The molecule has 1 atom stereocenters. The molecule has 4 aromatic rings. The maximum absolute atomic E-state index is 13.2. The molecule has 1 aliphatic rings. The third kappa shape index (κ3) is 4.95. The van der Waals surface area contributed by atoms with Crippen molar-refractivity contribution in [3.63, 3.8) is 0 Å². The van der Waals surface area contributed by atoms with Crippen molar-refractivity contribution in [2.45, 2.75) is 32.7 Å². The molecule has 1 fully saturated rings. The van der Waals surface area contributed by atoms with E-state index in [1.807, 2.05) is 32.0 Å². The van der Waals surface area contributed by atoms with E-state index in [4.69, 9.17) is 10.5 Å². The van der Waals surface area contributed by atoms with Crippen molar-refractivity contribution in [3.8, 4) is 11.3 Å². The average molecular weight is 490 g/mol. The van der Waals surface area contributed by atoms with E-state index in [9.17, 15) is 9.59 Å². The number of carbonyl (C=O) groups is 2. The largest absolute Gasteiger partial charge is 0.384 e. The maximum atomic E-state index is 13.2. The first-order chi connectivity index (χ1) is 17.4. The summed E-state index contributed by atoms with van der Waals surface area (Å²) in [6, 6.07) is 8.70. The van der Waals surface area contributed by atoms with E-state index in [0.29, 0.717) is 43.2 Å².